The predicted octanol–water partition coefficient (Wildman–Crippen LogP) is 1.54. The molecule has 0 radical (unpaired) electrons. The smallest absolute Gasteiger partial charge is 0.277 e. The molecule has 0 atom stereocenters. The van der Waals surface area contributed by atoms with Crippen LogP contribution < -0.4 is 5.56 Å². The summed E-state index contributed by atoms with van der Waals surface area (Å²) in [5.74, 6) is 0.0838. The summed E-state index contributed by atoms with van der Waals surface area (Å²) < 4.78 is 1.43. The zero-order chi connectivity index (χ0) is 16.5. The summed E-state index contributed by atoms with van der Waals surface area (Å²) in [7, 11) is 0. The number of carbonyl (C=O) groups excluding carboxylic acids is 1. The molecular formula is C18H18N4O2. The van der Waals surface area contributed by atoms with Gasteiger partial charge in [-0.05, 0) is 12.0 Å². The molecule has 2 aromatic heterocycles. The number of rotatable bonds is 3. The zero-order valence-corrected chi connectivity index (χ0v) is 13.2. The van der Waals surface area contributed by atoms with Crippen LogP contribution in [-0.2, 0) is 24.2 Å². The molecule has 3 aromatic rings. The van der Waals surface area contributed by atoms with E-state index in [0.29, 0.717) is 37.1 Å². The molecule has 3 heterocycles. The highest BCUT2D eigenvalue weighted by molar-refractivity contribution is 5.76. The fraction of sp³-hybridized carbons (Fsp3) is 0.278. The Labute approximate surface area is 138 Å². The van der Waals surface area contributed by atoms with Gasteiger partial charge in [0.2, 0.25) is 5.91 Å². The molecule has 0 aliphatic carbocycles. The van der Waals surface area contributed by atoms with Crippen molar-refractivity contribution in [3.05, 3.63) is 69.8 Å². The maximum atomic E-state index is 12.5. The van der Waals surface area contributed by atoms with E-state index in [1.165, 1.54) is 4.52 Å². The lowest BCUT2D eigenvalue weighted by atomic mass is 10.1. The highest BCUT2D eigenvalue weighted by Gasteiger charge is 2.24. The molecule has 1 amide bonds. The Balaban J connectivity index is 1.51. The summed E-state index contributed by atoms with van der Waals surface area (Å²) in [4.78, 5) is 31.3. The van der Waals surface area contributed by atoms with Gasteiger partial charge in [-0.2, -0.15) is 0 Å². The first-order chi connectivity index (χ1) is 11.7. The monoisotopic (exact) mass is 322 g/mol. The van der Waals surface area contributed by atoms with Crippen molar-refractivity contribution in [1.29, 1.82) is 0 Å². The van der Waals surface area contributed by atoms with Gasteiger partial charge in [-0.15, -0.1) is 0 Å². The van der Waals surface area contributed by atoms with Gasteiger partial charge in [0.25, 0.3) is 5.56 Å². The SMILES string of the molecule is O=C(CCc1ccccc1)N1CCc2nc3cc[nH]n3c(=O)c2C1. The minimum Gasteiger partial charge on any atom is -0.338 e. The number of nitrogens with zero attached hydrogens (tertiary/aromatic N) is 3. The van der Waals surface area contributed by atoms with Crippen LogP contribution in [0.5, 0.6) is 0 Å². The molecule has 1 aromatic carbocycles. The van der Waals surface area contributed by atoms with Crippen LogP contribution in [0.25, 0.3) is 5.65 Å². The normalized spacial score (nSPS) is 13.9. The second kappa shape index (κ2) is 5.96. The first-order valence-corrected chi connectivity index (χ1v) is 8.12. The van der Waals surface area contributed by atoms with Gasteiger partial charge in [-0.3, -0.25) is 14.7 Å². The number of amides is 1. The van der Waals surface area contributed by atoms with E-state index in [9.17, 15) is 9.59 Å². The van der Waals surface area contributed by atoms with E-state index in [1.54, 1.807) is 17.2 Å². The average molecular weight is 322 g/mol. The van der Waals surface area contributed by atoms with Crippen molar-refractivity contribution >= 4 is 11.6 Å². The number of H-pyrrole nitrogens is 1. The van der Waals surface area contributed by atoms with Crippen molar-refractivity contribution in [2.45, 2.75) is 25.8 Å². The topological polar surface area (TPSA) is 70.5 Å². The number of aryl methyl sites for hydroxylation is 1. The van der Waals surface area contributed by atoms with Gasteiger partial charge in [-0.1, -0.05) is 30.3 Å². The van der Waals surface area contributed by atoms with E-state index in [1.807, 2.05) is 30.3 Å². The van der Waals surface area contributed by atoms with Crippen molar-refractivity contribution in [2.75, 3.05) is 6.54 Å². The predicted molar refractivity (Wildman–Crippen MR) is 89.7 cm³/mol. The number of hydrogen-bond donors (Lipinski definition) is 1. The second-order valence-electron chi connectivity index (χ2n) is 6.05. The molecule has 0 fully saturated rings. The van der Waals surface area contributed by atoms with E-state index in [-0.39, 0.29) is 11.5 Å². The standard InChI is InChI=1S/C18H18N4O2/c23-17(7-6-13-4-2-1-3-5-13)21-11-9-15-14(12-21)18(24)22-16(20-15)8-10-19-22/h1-5,8,10,19H,6-7,9,11-12H2. The van der Waals surface area contributed by atoms with Crippen molar-refractivity contribution in [3.63, 3.8) is 0 Å². The lowest BCUT2D eigenvalue weighted by Gasteiger charge is -2.27. The highest BCUT2D eigenvalue weighted by atomic mass is 16.2. The third kappa shape index (κ3) is 2.60. The molecule has 6 nitrogen and oxygen atoms in total. The van der Waals surface area contributed by atoms with Crippen LogP contribution in [0.3, 0.4) is 0 Å². The van der Waals surface area contributed by atoms with Crippen molar-refractivity contribution in [1.82, 2.24) is 19.5 Å². The number of carbonyl (C=O) groups is 1. The Morgan fingerprint density at radius 1 is 1.21 bits per heavy atom. The fourth-order valence-corrected chi connectivity index (χ4v) is 3.18. The molecule has 1 aliphatic rings. The van der Waals surface area contributed by atoms with Gasteiger partial charge in [0.1, 0.15) is 0 Å². The Morgan fingerprint density at radius 2 is 2.04 bits per heavy atom. The summed E-state index contributed by atoms with van der Waals surface area (Å²) in [6.07, 6.45) is 3.50. The second-order valence-corrected chi connectivity index (χ2v) is 6.05. The van der Waals surface area contributed by atoms with Crippen LogP contribution in [0.15, 0.2) is 47.4 Å². The molecule has 0 bridgehead atoms. The highest BCUT2D eigenvalue weighted by Crippen LogP contribution is 2.16. The van der Waals surface area contributed by atoms with Crippen molar-refractivity contribution < 1.29 is 4.79 Å². The van der Waals surface area contributed by atoms with Crippen LogP contribution in [0.1, 0.15) is 23.2 Å². The molecule has 1 N–H and O–H groups in total. The molecule has 122 valence electrons. The van der Waals surface area contributed by atoms with Crippen LogP contribution in [0.4, 0.5) is 0 Å². The third-order valence-corrected chi connectivity index (χ3v) is 4.51. The Kier molecular flexibility index (Phi) is 3.65. The lowest BCUT2D eigenvalue weighted by molar-refractivity contribution is -0.132. The molecule has 0 spiro atoms. The summed E-state index contributed by atoms with van der Waals surface area (Å²) >= 11 is 0. The van der Waals surface area contributed by atoms with Gasteiger partial charge in [0.15, 0.2) is 5.65 Å². The van der Waals surface area contributed by atoms with Gasteiger partial charge >= 0.3 is 0 Å². The largest absolute Gasteiger partial charge is 0.338 e. The van der Waals surface area contributed by atoms with Gasteiger partial charge in [0.05, 0.1) is 17.8 Å². The lowest BCUT2D eigenvalue weighted by Crippen LogP contribution is -2.40. The van der Waals surface area contributed by atoms with E-state index >= 15 is 0 Å². The number of nitrogens with one attached hydrogen (secondary N) is 1. The Hall–Kier alpha value is -2.89. The summed E-state index contributed by atoms with van der Waals surface area (Å²) in [6, 6.07) is 11.7. The van der Waals surface area contributed by atoms with E-state index in [4.69, 9.17) is 0 Å². The third-order valence-electron chi connectivity index (χ3n) is 4.51. The van der Waals surface area contributed by atoms with Crippen LogP contribution in [0.2, 0.25) is 0 Å². The number of hydrogen-bond acceptors (Lipinski definition) is 3. The number of aromatic amines is 1. The van der Waals surface area contributed by atoms with Gasteiger partial charge < -0.3 is 4.90 Å². The van der Waals surface area contributed by atoms with E-state index in [0.717, 1.165) is 17.7 Å². The van der Waals surface area contributed by atoms with Crippen molar-refractivity contribution in [2.24, 2.45) is 0 Å². The minimum atomic E-state index is -0.111. The minimum absolute atomic E-state index is 0.0838. The molecule has 4 rings (SSSR count). The molecule has 6 heteroatoms. The Morgan fingerprint density at radius 3 is 2.88 bits per heavy atom. The number of benzene rings is 1. The molecule has 24 heavy (non-hydrogen) atoms. The maximum Gasteiger partial charge on any atom is 0.277 e. The van der Waals surface area contributed by atoms with Crippen LogP contribution in [0, 0.1) is 0 Å². The first kappa shape index (κ1) is 14.7. The molecule has 0 saturated carbocycles. The van der Waals surface area contributed by atoms with Crippen LogP contribution in [-0.4, -0.2) is 31.9 Å². The van der Waals surface area contributed by atoms with Gasteiger partial charge in [-0.25, -0.2) is 9.50 Å². The number of aromatic nitrogens is 3. The summed E-state index contributed by atoms with van der Waals surface area (Å²) in [5.41, 5.74) is 3.10. The van der Waals surface area contributed by atoms with E-state index < -0.39 is 0 Å². The van der Waals surface area contributed by atoms with E-state index in [2.05, 4.69) is 10.1 Å². The Bertz CT molecular complexity index is 943. The molecule has 0 unspecified atom stereocenters. The fourth-order valence-electron chi connectivity index (χ4n) is 3.18. The summed E-state index contributed by atoms with van der Waals surface area (Å²) in [5, 5.41) is 2.87. The molecule has 0 saturated heterocycles. The summed E-state index contributed by atoms with van der Waals surface area (Å²) in [6.45, 7) is 0.963. The number of fused-ring (bicyclic) bond motifs is 2. The van der Waals surface area contributed by atoms with Crippen LogP contribution >= 0.6 is 0 Å². The average Bonchev–Trinajstić information content (AvgIpc) is 3.09. The van der Waals surface area contributed by atoms with Crippen molar-refractivity contribution in [3.8, 4) is 0 Å². The quantitative estimate of drug-likeness (QED) is 0.795. The first-order valence-electron chi connectivity index (χ1n) is 8.12. The molecular weight excluding hydrogens is 304 g/mol. The zero-order valence-electron chi connectivity index (χ0n) is 13.2. The molecule has 1 aliphatic heterocycles. The maximum absolute atomic E-state index is 12.5. The van der Waals surface area contributed by atoms with Gasteiger partial charge in [0, 0.05) is 31.6 Å².